The van der Waals surface area contributed by atoms with Crippen LogP contribution in [-0.2, 0) is 9.31 Å². The maximum atomic E-state index is 14.2. The average Bonchev–Trinajstić information content (AvgIpc) is 3.06. The van der Waals surface area contributed by atoms with E-state index in [4.69, 9.17) is 9.31 Å². The fourth-order valence-corrected chi connectivity index (χ4v) is 2.94. The molecule has 4 rings (SSSR count). The molecule has 2 aromatic heterocycles. The molecule has 0 radical (unpaired) electrons. The van der Waals surface area contributed by atoms with E-state index in [9.17, 15) is 4.39 Å². The summed E-state index contributed by atoms with van der Waals surface area (Å²) in [5, 5.41) is 5.19. The number of halogens is 1. The van der Waals surface area contributed by atoms with Gasteiger partial charge in [0.1, 0.15) is 11.5 Å². The highest BCUT2D eigenvalue weighted by molar-refractivity contribution is 6.65. The number of benzene rings is 1. The van der Waals surface area contributed by atoms with Gasteiger partial charge in [-0.1, -0.05) is 12.1 Å². The van der Waals surface area contributed by atoms with Gasteiger partial charge in [-0.15, -0.1) is 0 Å². The Bertz CT molecular complexity index is 938. The summed E-state index contributed by atoms with van der Waals surface area (Å²) in [7, 11) is -0.542. The molecule has 1 aromatic carbocycles. The molecule has 0 unspecified atom stereocenters. The standard InChI is InChI=1S/C18H19BFN3O2/c1-17(2)18(3,4)25-19(24-17)13-10-21-11-16-12(13)9-22-23(16)15-8-6-5-7-14(15)20/h5-11H,1-4H3. The van der Waals surface area contributed by atoms with Gasteiger partial charge < -0.3 is 9.31 Å². The third-order valence-corrected chi connectivity index (χ3v) is 5.12. The first-order valence-corrected chi connectivity index (χ1v) is 8.22. The summed E-state index contributed by atoms with van der Waals surface area (Å²) in [5.74, 6) is -0.339. The van der Waals surface area contributed by atoms with Crippen LogP contribution in [0.2, 0.25) is 0 Å². The van der Waals surface area contributed by atoms with E-state index in [-0.39, 0.29) is 5.82 Å². The molecule has 1 aliphatic heterocycles. The highest BCUT2D eigenvalue weighted by Crippen LogP contribution is 2.37. The van der Waals surface area contributed by atoms with Crippen LogP contribution in [0, 0.1) is 5.82 Å². The smallest absolute Gasteiger partial charge is 0.399 e. The van der Waals surface area contributed by atoms with Crippen molar-refractivity contribution in [3.05, 3.63) is 48.7 Å². The van der Waals surface area contributed by atoms with Gasteiger partial charge in [0.25, 0.3) is 0 Å². The van der Waals surface area contributed by atoms with Crippen molar-refractivity contribution in [1.29, 1.82) is 0 Å². The maximum absolute atomic E-state index is 14.2. The Morgan fingerprint density at radius 2 is 1.68 bits per heavy atom. The quantitative estimate of drug-likeness (QED) is 0.674. The summed E-state index contributed by atoms with van der Waals surface area (Å²) in [5.41, 5.74) is 0.990. The van der Waals surface area contributed by atoms with Gasteiger partial charge in [-0.2, -0.15) is 5.10 Å². The van der Waals surface area contributed by atoms with Crippen molar-refractivity contribution >= 4 is 23.5 Å². The van der Waals surface area contributed by atoms with E-state index in [1.807, 2.05) is 27.7 Å². The Kier molecular flexibility index (Phi) is 3.49. The van der Waals surface area contributed by atoms with E-state index in [0.717, 1.165) is 10.8 Å². The van der Waals surface area contributed by atoms with Gasteiger partial charge >= 0.3 is 7.12 Å². The summed E-state index contributed by atoms with van der Waals surface area (Å²) >= 11 is 0. The molecule has 0 aliphatic carbocycles. The molecule has 0 bridgehead atoms. The van der Waals surface area contributed by atoms with Gasteiger partial charge in [-0.3, -0.25) is 4.98 Å². The second-order valence-corrected chi connectivity index (χ2v) is 7.26. The molecule has 0 amide bonds. The van der Waals surface area contributed by atoms with Crippen LogP contribution in [0.15, 0.2) is 42.9 Å². The van der Waals surface area contributed by atoms with Crippen molar-refractivity contribution in [2.75, 3.05) is 0 Å². The topological polar surface area (TPSA) is 49.2 Å². The molecule has 3 heterocycles. The Balaban J connectivity index is 1.83. The summed E-state index contributed by atoms with van der Waals surface area (Å²) in [4.78, 5) is 4.30. The number of rotatable bonds is 2. The predicted molar refractivity (Wildman–Crippen MR) is 94.5 cm³/mol. The summed E-state index contributed by atoms with van der Waals surface area (Å²) < 4.78 is 28.0. The third-order valence-electron chi connectivity index (χ3n) is 5.12. The van der Waals surface area contributed by atoms with Crippen LogP contribution in [0.5, 0.6) is 0 Å². The van der Waals surface area contributed by atoms with Gasteiger partial charge in [0.05, 0.1) is 29.1 Å². The minimum absolute atomic E-state index is 0.339. The SMILES string of the molecule is CC1(C)OB(c2cncc3c2cnn3-c2ccccc2F)OC1(C)C. The Morgan fingerprint density at radius 3 is 2.36 bits per heavy atom. The molecule has 0 saturated carbocycles. The molecule has 1 saturated heterocycles. The van der Waals surface area contributed by atoms with Gasteiger partial charge in [-0.25, -0.2) is 9.07 Å². The molecule has 0 atom stereocenters. The predicted octanol–water partition coefficient (Wildman–Crippen LogP) is 2.86. The zero-order valence-electron chi connectivity index (χ0n) is 14.7. The molecule has 25 heavy (non-hydrogen) atoms. The fourth-order valence-electron chi connectivity index (χ4n) is 2.94. The van der Waals surface area contributed by atoms with Crippen molar-refractivity contribution in [3.63, 3.8) is 0 Å². The van der Waals surface area contributed by atoms with Crippen LogP contribution < -0.4 is 5.46 Å². The number of nitrogens with zero attached hydrogens (tertiary/aromatic N) is 3. The van der Waals surface area contributed by atoms with E-state index < -0.39 is 18.3 Å². The second-order valence-electron chi connectivity index (χ2n) is 7.26. The minimum atomic E-state index is -0.542. The molecule has 0 spiro atoms. The number of hydrogen-bond donors (Lipinski definition) is 0. The van der Waals surface area contributed by atoms with Crippen LogP contribution in [-0.4, -0.2) is 33.1 Å². The van der Waals surface area contributed by atoms with E-state index in [2.05, 4.69) is 10.1 Å². The first-order valence-electron chi connectivity index (χ1n) is 8.22. The molecule has 7 heteroatoms. The summed E-state index contributed by atoms with van der Waals surface area (Å²) in [6.45, 7) is 8.01. The lowest BCUT2D eigenvalue weighted by atomic mass is 9.78. The number of para-hydroxylation sites is 1. The number of pyridine rings is 1. The molecule has 1 fully saturated rings. The number of fused-ring (bicyclic) bond motifs is 1. The Morgan fingerprint density at radius 1 is 1.00 bits per heavy atom. The highest BCUT2D eigenvalue weighted by atomic mass is 19.1. The molecular formula is C18H19BFN3O2. The van der Waals surface area contributed by atoms with Gasteiger partial charge in [-0.05, 0) is 39.8 Å². The van der Waals surface area contributed by atoms with E-state index in [1.54, 1.807) is 41.5 Å². The van der Waals surface area contributed by atoms with Crippen LogP contribution in [0.3, 0.4) is 0 Å². The van der Waals surface area contributed by atoms with Crippen LogP contribution in [0.1, 0.15) is 27.7 Å². The monoisotopic (exact) mass is 339 g/mol. The Hall–Kier alpha value is -2.25. The lowest BCUT2D eigenvalue weighted by molar-refractivity contribution is 0.00578. The van der Waals surface area contributed by atoms with E-state index in [0.29, 0.717) is 11.2 Å². The lowest BCUT2D eigenvalue weighted by Crippen LogP contribution is -2.41. The number of aromatic nitrogens is 3. The minimum Gasteiger partial charge on any atom is -0.399 e. The summed E-state index contributed by atoms with van der Waals surface area (Å²) in [6.07, 6.45) is 5.09. The van der Waals surface area contributed by atoms with Crippen LogP contribution >= 0.6 is 0 Å². The largest absolute Gasteiger partial charge is 0.497 e. The van der Waals surface area contributed by atoms with Crippen molar-refractivity contribution < 1.29 is 13.7 Å². The van der Waals surface area contributed by atoms with Crippen molar-refractivity contribution in [2.45, 2.75) is 38.9 Å². The number of hydrogen-bond acceptors (Lipinski definition) is 4. The maximum Gasteiger partial charge on any atom is 0.497 e. The first-order chi connectivity index (χ1) is 11.8. The molecule has 1 aliphatic rings. The van der Waals surface area contributed by atoms with Crippen molar-refractivity contribution in [3.8, 4) is 5.69 Å². The van der Waals surface area contributed by atoms with Gasteiger partial charge in [0, 0.05) is 17.0 Å². The average molecular weight is 339 g/mol. The molecule has 3 aromatic rings. The third kappa shape index (κ3) is 2.46. The van der Waals surface area contributed by atoms with Crippen LogP contribution in [0.25, 0.3) is 16.6 Å². The normalized spacial score (nSPS) is 18.8. The van der Waals surface area contributed by atoms with E-state index in [1.165, 1.54) is 6.07 Å². The highest BCUT2D eigenvalue weighted by Gasteiger charge is 2.52. The first kappa shape index (κ1) is 16.2. The summed E-state index contributed by atoms with van der Waals surface area (Å²) in [6, 6.07) is 6.52. The molecule has 5 nitrogen and oxygen atoms in total. The molecule has 128 valence electrons. The lowest BCUT2D eigenvalue weighted by Gasteiger charge is -2.32. The van der Waals surface area contributed by atoms with Crippen molar-refractivity contribution in [2.24, 2.45) is 0 Å². The second kappa shape index (κ2) is 5.38. The van der Waals surface area contributed by atoms with Gasteiger partial charge in [0.2, 0.25) is 0 Å². The molecule has 0 N–H and O–H groups in total. The van der Waals surface area contributed by atoms with Gasteiger partial charge in [0.15, 0.2) is 0 Å². The van der Waals surface area contributed by atoms with E-state index >= 15 is 0 Å². The van der Waals surface area contributed by atoms with Crippen molar-refractivity contribution in [1.82, 2.24) is 14.8 Å². The van der Waals surface area contributed by atoms with Crippen LogP contribution in [0.4, 0.5) is 4.39 Å². The zero-order valence-corrected chi connectivity index (χ0v) is 14.7. The zero-order chi connectivity index (χ0) is 17.8. The fraction of sp³-hybridized carbons (Fsp3) is 0.333. The Labute approximate surface area is 145 Å². The molecular weight excluding hydrogens is 320 g/mol.